The number of benzene rings is 1. The molecule has 2 aliphatic heterocycles. The molecule has 4 atom stereocenters. The number of aromatic hydroxyl groups is 2. The van der Waals surface area contributed by atoms with Crippen molar-refractivity contribution in [2.24, 2.45) is 11.8 Å². The first-order valence-electron chi connectivity index (χ1n) is 11.6. The second-order valence-corrected chi connectivity index (χ2v) is 8.60. The summed E-state index contributed by atoms with van der Waals surface area (Å²) >= 11 is 0. The zero-order valence-electron chi connectivity index (χ0n) is 17.9. The normalized spacial score (nSPS) is 25.6. The number of unbranched alkanes of at least 4 members (excludes halogenated alkanes) is 5. The summed E-state index contributed by atoms with van der Waals surface area (Å²) in [5.74, 6) is 1.57. The molecule has 1 aromatic carbocycles. The van der Waals surface area contributed by atoms with Gasteiger partial charge in [-0.2, -0.15) is 0 Å². The van der Waals surface area contributed by atoms with Crippen LogP contribution in [0.4, 0.5) is 0 Å². The predicted molar refractivity (Wildman–Crippen MR) is 114 cm³/mol. The van der Waals surface area contributed by atoms with Crippen molar-refractivity contribution in [3.05, 3.63) is 18.2 Å². The van der Waals surface area contributed by atoms with Gasteiger partial charge >= 0.3 is 0 Å². The van der Waals surface area contributed by atoms with E-state index in [1.54, 1.807) is 6.07 Å². The van der Waals surface area contributed by atoms with Gasteiger partial charge in [-0.1, -0.05) is 39.0 Å². The zero-order valence-corrected chi connectivity index (χ0v) is 17.9. The predicted octanol–water partition coefficient (Wildman–Crippen LogP) is 5.43. The van der Waals surface area contributed by atoms with Gasteiger partial charge in [0.2, 0.25) is 0 Å². The van der Waals surface area contributed by atoms with E-state index in [0.29, 0.717) is 36.4 Å². The molecule has 2 heterocycles. The maximum absolute atomic E-state index is 9.50. The van der Waals surface area contributed by atoms with Crippen molar-refractivity contribution < 1.29 is 24.4 Å². The highest BCUT2D eigenvalue weighted by Gasteiger charge is 2.48. The smallest absolute Gasteiger partial charge is 0.161 e. The van der Waals surface area contributed by atoms with Crippen molar-refractivity contribution in [2.45, 2.75) is 83.3 Å². The van der Waals surface area contributed by atoms with E-state index >= 15 is 0 Å². The summed E-state index contributed by atoms with van der Waals surface area (Å²) < 4.78 is 17.9. The highest BCUT2D eigenvalue weighted by molar-refractivity contribution is 5.43. The van der Waals surface area contributed by atoms with Crippen molar-refractivity contribution in [1.82, 2.24) is 0 Å². The van der Waals surface area contributed by atoms with E-state index in [2.05, 4.69) is 6.92 Å². The maximum Gasteiger partial charge on any atom is 0.161 e. The number of ether oxygens (including phenoxy) is 3. The molecule has 5 nitrogen and oxygen atoms in total. The molecule has 3 rings (SSSR count). The molecule has 164 valence electrons. The molecule has 0 saturated carbocycles. The summed E-state index contributed by atoms with van der Waals surface area (Å²) in [6, 6.07) is 4.58. The van der Waals surface area contributed by atoms with Gasteiger partial charge in [0.25, 0.3) is 0 Å². The molecule has 0 amide bonds. The van der Waals surface area contributed by atoms with Gasteiger partial charge in [0.1, 0.15) is 5.75 Å². The summed E-state index contributed by atoms with van der Waals surface area (Å²) in [6.07, 6.45) is 12.8. The fraction of sp³-hybridized carbons (Fsp3) is 0.750. The molecule has 2 fully saturated rings. The fourth-order valence-corrected chi connectivity index (χ4v) is 4.79. The SMILES string of the molecule is CCCCCCOC[C@H]1[C@@H](CCCCCOc2ccc(O)c(O)c2)[C@H]2CC[C@@H]1O2. The van der Waals surface area contributed by atoms with Crippen LogP contribution in [0.1, 0.15) is 71.1 Å². The van der Waals surface area contributed by atoms with Crippen LogP contribution < -0.4 is 4.74 Å². The summed E-state index contributed by atoms with van der Waals surface area (Å²) in [4.78, 5) is 0. The minimum Gasteiger partial charge on any atom is -0.504 e. The minimum absolute atomic E-state index is 0.120. The first-order chi connectivity index (χ1) is 14.2. The molecule has 0 radical (unpaired) electrons. The van der Waals surface area contributed by atoms with Gasteiger partial charge in [0.05, 0.1) is 25.4 Å². The number of hydrogen-bond acceptors (Lipinski definition) is 5. The Morgan fingerprint density at radius 1 is 0.897 bits per heavy atom. The lowest BCUT2D eigenvalue weighted by atomic mass is 9.77. The third-order valence-electron chi connectivity index (χ3n) is 6.44. The molecule has 0 aromatic heterocycles. The van der Waals surface area contributed by atoms with Gasteiger partial charge in [0, 0.05) is 18.6 Å². The van der Waals surface area contributed by atoms with Gasteiger partial charge in [-0.15, -0.1) is 0 Å². The Kier molecular flexibility index (Phi) is 8.93. The topological polar surface area (TPSA) is 68.2 Å². The van der Waals surface area contributed by atoms with Crippen molar-refractivity contribution in [1.29, 1.82) is 0 Å². The number of hydrogen-bond donors (Lipinski definition) is 2. The van der Waals surface area contributed by atoms with Crippen LogP contribution in [0.25, 0.3) is 0 Å². The molecule has 5 heteroatoms. The van der Waals surface area contributed by atoms with Crippen LogP contribution in [0.5, 0.6) is 17.2 Å². The number of fused-ring (bicyclic) bond motifs is 2. The van der Waals surface area contributed by atoms with Crippen LogP contribution >= 0.6 is 0 Å². The summed E-state index contributed by atoms with van der Waals surface area (Å²) in [5.41, 5.74) is 0. The Hall–Kier alpha value is -1.46. The molecule has 2 N–H and O–H groups in total. The van der Waals surface area contributed by atoms with Crippen LogP contribution in [-0.2, 0) is 9.47 Å². The standard InChI is InChI=1S/C24H38O5/c1-2-3-4-7-14-27-17-20-19(23-12-13-24(20)29-23)9-6-5-8-15-28-18-10-11-21(25)22(26)16-18/h10-11,16,19-20,23-26H,2-9,12-15,17H2,1H3/t19-,20+,23-,24+/m1/s1. The third kappa shape index (κ3) is 6.51. The molecule has 0 spiro atoms. The highest BCUT2D eigenvalue weighted by Crippen LogP contribution is 2.45. The van der Waals surface area contributed by atoms with Gasteiger partial charge in [0.15, 0.2) is 11.5 Å². The van der Waals surface area contributed by atoms with E-state index in [9.17, 15) is 10.2 Å². The average molecular weight is 407 g/mol. The van der Waals surface area contributed by atoms with Crippen molar-refractivity contribution in [3.63, 3.8) is 0 Å². The van der Waals surface area contributed by atoms with Gasteiger partial charge in [-0.3, -0.25) is 0 Å². The van der Waals surface area contributed by atoms with E-state index in [0.717, 1.165) is 26.1 Å². The average Bonchev–Trinajstić information content (AvgIpc) is 3.32. The van der Waals surface area contributed by atoms with E-state index in [1.165, 1.54) is 63.5 Å². The van der Waals surface area contributed by atoms with Crippen LogP contribution in [0.15, 0.2) is 18.2 Å². The van der Waals surface area contributed by atoms with E-state index in [-0.39, 0.29) is 11.5 Å². The Morgan fingerprint density at radius 2 is 1.66 bits per heavy atom. The lowest BCUT2D eigenvalue weighted by Gasteiger charge is -2.28. The number of rotatable bonds is 14. The molecule has 2 bridgehead atoms. The Labute approximate surface area is 175 Å². The van der Waals surface area contributed by atoms with Crippen LogP contribution in [-0.4, -0.2) is 42.2 Å². The van der Waals surface area contributed by atoms with Crippen molar-refractivity contribution >= 4 is 0 Å². The summed E-state index contributed by atoms with van der Waals surface area (Å²) in [7, 11) is 0. The lowest BCUT2D eigenvalue weighted by molar-refractivity contribution is 0.0473. The first-order valence-corrected chi connectivity index (χ1v) is 11.6. The monoisotopic (exact) mass is 406 g/mol. The molecule has 0 aliphatic carbocycles. The lowest BCUT2D eigenvalue weighted by Crippen LogP contribution is -2.31. The van der Waals surface area contributed by atoms with E-state index in [4.69, 9.17) is 14.2 Å². The molecular formula is C24H38O5. The van der Waals surface area contributed by atoms with E-state index < -0.39 is 0 Å². The minimum atomic E-state index is -0.141. The summed E-state index contributed by atoms with van der Waals surface area (Å²) in [5, 5.41) is 18.8. The molecule has 1 aromatic rings. The Balaban J connectivity index is 1.29. The molecular weight excluding hydrogens is 368 g/mol. The highest BCUT2D eigenvalue weighted by atomic mass is 16.5. The summed E-state index contributed by atoms with van der Waals surface area (Å²) in [6.45, 7) is 4.63. The van der Waals surface area contributed by atoms with Gasteiger partial charge in [-0.25, -0.2) is 0 Å². The zero-order chi connectivity index (χ0) is 20.5. The third-order valence-corrected chi connectivity index (χ3v) is 6.44. The number of phenolic OH excluding ortho intramolecular Hbond substituents is 2. The largest absolute Gasteiger partial charge is 0.504 e. The van der Waals surface area contributed by atoms with E-state index in [1.807, 2.05) is 0 Å². The quantitative estimate of drug-likeness (QED) is 0.319. The molecule has 2 saturated heterocycles. The van der Waals surface area contributed by atoms with Crippen molar-refractivity contribution in [3.8, 4) is 17.2 Å². The van der Waals surface area contributed by atoms with Crippen LogP contribution in [0.3, 0.4) is 0 Å². The second-order valence-electron chi connectivity index (χ2n) is 8.60. The second kappa shape index (κ2) is 11.7. The molecule has 2 aliphatic rings. The molecule has 0 unspecified atom stereocenters. The Morgan fingerprint density at radius 3 is 2.45 bits per heavy atom. The Bertz CT molecular complexity index is 605. The van der Waals surface area contributed by atoms with Gasteiger partial charge < -0.3 is 24.4 Å². The molecule has 29 heavy (non-hydrogen) atoms. The number of phenols is 2. The van der Waals surface area contributed by atoms with Crippen molar-refractivity contribution in [2.75, 3.05) is 19.8 Å². The first kappa shape index (κ1) is 22.2. The fourth-order valence-electron chi connectivity index (χ4n) is 4.79. The van der Waals surface area contributed by atoms with Crippen LogP contribution in [0.2, 0.25) is 0 Å². The van der Waals surface area contributed by atoms with Crippen LogP contribution in [0, 0.1) is 11.8 Å². The maximum atomic E-state index is 9.50. The van der Waals surface area contributed by atoms with Gasteiger partial charge in [-0.05, 0) is 50.2 Å².